The van der Waals surface area contributed by atoms with Crippen molar-refractivity contribution in [2.75, 3.05) is 0 Å². The summed E-state index contributed by atoms with van der Waals surface area (Å²) in [5.74, 6) is 0.290. The number of hydrogen-bond donors (Lipinski definition) is 3. The highest BCUT2D eigenvalue weighted by Gasteiger charge is 2.25. The quantitative estimate of drug-likeness (QED) is 0.326. The summed E-state index contributed by atoms with van der Waals surface area (Å²) in [6.45, 7) is 1.77. The van der Waals surface area contributed by atoms with E-state index in [1.807, 2.05) is 9.99 Å². The van der Waals surface area contributed by atoms with Crippen LogP contribution >= 0.6 is 23.2 Å². The average Bonchev–Trinajstić information content (AvgIpc) is 3.38. The number of Topliss-reactive ketones (excluding diaryl/α,β-unsaturated/α-hetero) is 1. The fourth-order valence-electron chi connectivity index (χ4n) is 4.17. The van der Waals surface area contributed by atoms with Gasteiger partial charge in [-0.3, -0.25) is 4.79 Å². The van der Waals surface area contributed by atoms with Crippen molar-refractivity contribution in [3.63, 3.8) is 0 Å². The lowest BCUT2D eigenvalue weighted by atomic mass is 10.00. The Morgan fingerprint density at radius 1 is 1.29 bits per heavy atom. The Morgan fingerprint density at radius 3 is 2.68 bits per heavy atom. The van der Waals surface area contributed by atoms with Crippen molar-refractivity contribution in [2.45, 2.75) is 64.1 Å². The molecule has 1 aliphatic rings. The summed E-state index contributed by atoms with van der Waals surface area (Å²) in [5, 5.41) is 7.10. The SMILES string of the molecule is CC(=O)CC(/C=N/NC(N)=O)NC(=O)OC(CC1CCCC1)Cn1cnc2cc(Cl)c(Cl)cc21. The van der Waals surface area contributed by atoms with Crippen molar-refractivity contribution in [1.29, 1.82) is 0 Å². The van der Waals surface area contributed by atoms with Crippen LogP contribution < -0.4 is 16.5 Å². The number of nitrogens with two attached hydrogens (primary N) is 1. The van der Waals surface area contributed by atoms with Crippen molar-refractivity contribution in [2.24, 2.45) is 16.8 Å². The Labute approximate surface area is 207 Å². The number of rotatable bonds is 10. The van der Waals surface area contributed by atoms with E-state index in [1.165, 1.54) is 13.1 Å². The van der Waals surface area contributed by atoms with Crippen molar-refractivity contribution in [3.05, 3.63) is 28.5 Å². The van der Waals surface area contributed by atoms with E-state index in [4.69, 9.17) is 33.7 Å². The van der Waals surface area contributed by atoms with Gasteiger partial charge in [0.1, 0.15) is 11.9 Å². The second kappa shape index (κ2) is 12.0. The third-order valence-corrected chi connectivity index (χ3v) is 6.37. The molecule has 0 spiro atoms. The lowest BCUT2D eigenvalue weighted by Crippen LogP contribution is -2.41. The zero-order chi connectivity index (χ0) is 24.7. The molecule has 3 amide bonds. The molecule has 3 rings (SSSR count). The molecular formula is C22H28Cl2N6O4. The number of carbonyl (C=O) groups is 3. The molecule has 1 fully saturated rings. The van der Waals surface area contributed by atoms with Gasteiger partial charge in [0.05, 0.1) is 40.0 Å². The molecule has 1 saturated carbocycles. The predicted octanol–water partition coefficient (Wildman–Crippen LogP) is 4.02. The summed E-state index contributed by atoms with van der Waals surface area (Å²) in [7, 11) is 0. The number of primary amides is 1. The standard InChI is InChI=1S/C22H28Cl2N6O4/c1-13(31)6-15(10-27-29-21(25)32)28-22(33)34-16(7-14-4-2-3-5-14)11-30-12-26-19-8-17(23)18(24)9-20(19)30/h8-10,12,14-16H,2-7,11H2,1H3,(H,28,33)(H3,25,29,32)/b27-10+. The van der Waals surface area contributed by atoms with Gasteiger partial charge in [-0.25, -0.2) is 20.0 Å². The number of ether oxygens (including phenoxy) is 1. The molecular weight excluding hydrogens is 483 g/mol. The van der Waals surface area contributed by atoms with Crippen LogP contribution in [-0.2, 0) is 16.1 Å². The normalized spacial score (nSPS) is 16.0. The number of aromatic nitrogens is 2. The first-order valence-corrected chi connectivity index (χ1v) is 11.8. The minimum atomic E-state index is -0.856. The molecule has 2 atom stereocenters. The van der Waals surface area contributed by atoms with Gasteiger partial charge in [-0.2, -0.15) is 5.10 Å². The Kier molecular flexibility index (Phi) is 9.12. The highest BCUT2D eigenvalue weighted by molar-refractivity contribution is 6.42. The van der Waals surface area contributed by atoms with E-state index in [0.717, 1.165) is 31.2 Å². The van der Waals surface area contributed by atoms with Gasteiger partial charge in [-0.15, -0.1) is 0 Å². The third kappa shape index (κ3) is 7.59. The number of fused-ring (bicyclic) bond motifs is 1. The minimum absolute atomic E-state index is 0.0161. The fourth-order valence-corrected chi connectivity index (χ4v) is 4.49. The molecule has 184 valence electrons. The van der Waals surface area contributed by atoms with E-state index in [-0.39, 0.29) is 12.2 Å². The van der Waals surface area contributed by atoms with Crippen molar-refractivity contribution in [3.8, 4) is 0 Å². The maximum atomic E-state index is 12.7. The molecule has 1 aliphatic carbocycles. The third-order valence-electron chi connectivity index (χ3n) is 5.65. The van der Waals surface area contributed by atoms with E-state index in [2.05, 4.69) is 15.4 Å². The number of nitrogens with one attached hydrogen (secondary N) is 2. The van der Waals surface area contributed by atoms with Crippen LogP contribution in [0.1, 0.15) is 45.4 Å². The number of hydrazone groups is 1. The number of benzene rings is 1. The molecule has 34 heavy (non-hydrogen) atoms. The van der Waals surface area contributed by atoms with Gasteiger partial charge >= 0.3 is 12.1 Å². The van der Waals surface area contributed by atoms with Crippen LogP contribution in [0.25, 0.3) is 11.0 Å². The highest BCUT2D eigenvalue weighted by Crippen LogP contribution is 2.31. The van der Waals surface area contributed by atoms with Crippen LogP contribution in [0.15, 0.2) is 23.6 Å². The zero-order valence-electron chi connectivity index (χ0n) is 18.8. The number of nitrogens with zero attached hydrogens (tertiary/aromatic N) is 3. The van der Waals surface area contributed by atoms with Gasteiger partial charge in [0.2, 0.25) is 0 Å². The molecule has 10 nitrogen and oxygen atoms in total. The molecule has 1 heterocycles. The number of hydrogen-bond acceptors (Lipinski definition) is 6. The number of carbonyl (C=O) groups excluding carboxylic acids is 3. The van der Waals surface area contributed by atoms with Crippen LogP contribution in [0.4, 0.5) is 9.59 Å². The van der Waals surface area contributed by atoms with Crippen LogP contribution in [0.3, 0.4) is 0 Å². The first-order chi connectivity index (χ1) is 16.2. The molecule has 2 aromatic rings. The van der Waals surface area contributed by atoms with E-state index in [9.17, 15) is 14.4 Å². The van der Waals surface area contributed by atoms with Crippen LogP contribution in [0.5, 0.6) is 0 Å². The second-order valence-corrected chi connectivity index (χ2v) is 9.29. The van der Waals surface area contributed by atoms with E-state index in [1.54, 1.807) is 18.5 Å². The lowest BCUT2D eigenvalue weighted by molar-refractivity contribution is -0.117. The number of ketones is 1. The maximum absolute atomic E-state index is 12.7. The highest BCUT2D eigenvalue weighted by atomic mass is 35.5. The van der Waals surface area contributed by atoms with Gasteiger partial charge < -0.3 is 20.4 Å². The van der Waals surface area contributed by atoms with Gasteiger partial charge in [0.15, 0.2) is 0 Å². The average molecular weight is 511 g/mol. The van der Waals surface area contributed by atoms with Gasteiger partial charge in [-0.1, -0.05) is 48.9 Å². The van der Waals surface area contributed by atoms with Gasteiger partial charge in [-0.05, 0) is 31.4 Å². The topological polar surface area (TPSA) is 141 Å². The van der Waals surface area contributed by atoms with E-state index < -0.39 is 24.3 Å². The van der Waals surface area contributed by atoms with E-state index in [0.29, 0.717) is 34.4 Å². The maximum Gasteiger partial charge on any atom is 0.408 e. The number of imidazole rings is 1. The number of alkyl carbamates (subject to hydrolysis) is 1. The number of urea groups is 1. The lowest BCUT2D eigenvalue weighted by Gasteiger charge is -2.23. The molecule has 12 heteroatoms. The summed E-state index contributed by atoms with van der Waals surface area (Å²) >= 11 is 12.3. The molecule has 0 bridgehead atoms. The summed E-state index contributed by atoms with van der Waals surface area (Å²) in [6.07, 6.45) is 6.96. The smallest absolute Gasteiger partial charge is 0.408 e. The van der Waals surface area contributed by atoms with Gasteiger partial charge in [0.25, 0.3) is 0 Å². The fraction of sp³-hybridized carbons (Fsp3) is 0.500. The minimum Gasteiger partial charge on any atom is -0.444 e. The molecule has 0 radical (unpaired) electrons. The molecule has 1 aromatic carbocycles. The molecule has 0 aliphatic heterocycles. The van der Waals surface area contributed by atoms with Crippen molar-refractivity contribution in [1.82, 2.24) is 20.3 Å². The Morgan fingerprint density at radius 2 is 2.00 bits per heavy atom. The van der Waals surface area contributed by atoms with Crippen LogP contribution in [-0.4, -0.2) is 45.8 Å². The number of halogens is 2. The first kappa shape index (κ1) is 25.8. The monoisotopic (exact) mass is 510 g/mol. The van der Waals surface area contributed by atoms with Crippen molar-refractivity contribution >= 4 is 58.4 Å². The Hall–Kier alpha value is -2.85. The summed E-state index contributed by atoms with van der Waals surface area (Å²) < 4.78 is 7.67. The summed E-state index contributed by atoms with van der Waals surface area (Å²) in [4.78, 5) is 39.5. The Bertz CT molecular complexity index is 1070. The molecule has 4 N–H and O–H groups in total. The second-order valence-electron chi connectivity index (χ2n) is 8.48. The van der Waals surface area contributed by atoms with E-state index >= 15 is 0 Å². The number of amides is 3. The molecule has 2 unspecified atom stereocenters. The van der Waals surface area contributed by atoms with Crippen LogP contribution in [0, 0.1) is 5.92 Å². The predicted molar refractivity (Wildman–Crippen MR) is 130 cm³/mol. The largest absolute Gasteiger partial charge is 0.444 e. The van der Waals surface area contributed by atoms with Crippen molar-refractivity contribution < 1.29 is 19.1 Å². The zero-order valence-corrected chi connectivity index (χ0v) is 20.3. The first-order valence-electron chi connectivity index (χ1n) is 11.1. The molecule has 0 saturated heterocycles. The molecule has 1 aromatic heterocycles. The summed E-state index contributed by atoms with van der Waals surface area (Å²) in [5.41, 5.74) is 8.50. The van der Waals surface area contributed by atoms with Gasteiger partial charge in [0, 0.05) is 12.6 Å². The summed E-state index contributed by atoms with van der Waals surface area (Å²) in [6, 6.07) is 1.82. The Balaban J connectivity index is 1.72. The van der Waals surface area contributed by atoms with Crippen LogP contribution in [0.2, 0.25) is 10.0 Å².